The maximum Gasteiger partial charge on any atom is 0.227 e. The van der Waals surface area contributed by atoms with Crippen LogP contribution in [0.2, 0.25) is 0 Å². The molecule has 2 unspecified atom stereocenters. The van der Waals surface area contributed by atoms with Gasteiger partial charge in [-0.25, -0.2) is 0 Å². The van der Waals surface area contributed by atoms with Gasteiger partial charge in [-0.15, -0.1) is 0 Å². The number of piperidine rings is 1. The van der Waals surface area contributed by atoms with Crippen molar-refractivity contribution in [3.63, 3.8) is 0 Å². The van der Waals surface area contributed by atoms with Gasteiger partial charge >= 0.3 is 0 Å². The van der Waals surface area contributed by atoms with Gasteiger partial charge < -0.3 is 10.6 Å². The van der Waals surface area contributed by atoms with Crippen molar-refractivity contribution in [2.24, 2.45) is 11.7 Å². The first-order valence-corrected chi connectivity index (χ1v) is 8.10. The van der Waals surface area contributed by atoms with Crippen LogP contribution < -0.4 is 5.73 Å². The van der Waals surface area contributed by atoms with E-state index < -0.39 is 0 Å². The molecular formula is C18H28N2O. The summed E-state index contributed by atoms with van der Waals surface area (Å²) in [7, 11) is 0. The van der Waals surface area contributed by atoms with Gasteiger partial charge in [0, 0.05) is 19.1 Å². The van der Waals surface area contributed by atoms with Crippen LogP contribution in [0.4, 0.5) is 0 Å². The molecule has 116 valence electrons. The molecule has 3 heteroatoms. The maximum absolute atomic E-state index is 12.7. The molecule has 3 nitrogen and oxygen atoms in total. The standard InChI is InChI=1S/C18H28N2O/c1-4-15-7-8-20(17(10-15)12-19)18(21)11-16-9-13(2)5-6-14(16)3/h5-6,9,15,17H,4,7-8,10-12,19H2,1-3H3. The molecule has 1 heterocycles. The van der Waals surface area contributed by atoms with E-state index in [4.69, 9.17) is 5.73 Å². The summed E-state index contributed by atoms with van der Waals surface area (Å²) in [6.45, 7) is 7.82. The minimum absolute atomic E-state index is 0.223. The fourth-order valence-electron chi connectivity index (χ4n) is 3.31. The summed E-state index contributed by atoms with van der Waals surface area (Å²) in [6.07, 6.45) is 3.87. The van der Waals surface area contributed by atoms with Gasteiger partial charge in [0.25, 0.3) is 0 Å². The Morgan fingerprint density at radius 3 is 2.81 bits per heavy atom. The van der Waals surface area contributed by atoms with Crippen LogP contribution in [0.15, 0.2) is 18.2 Å². The highest BCUT2D eigenvalue weighted by atomic mass is 16.2. The van der Waals surface area contributed by atoms with E-state index in [1.807, 2.05) is 4.90 Å². The lowest BCUT2D eigenvalue weighted by Crippen LogP contribution is -2.50. The van der Waals surface area contributed by atoms with Crippen molar-refractivity contribution in [3.05, 3.63) is 34.9 Å². The highest BCUT2D eigenvalue weighted by Crippen LogP contribution is 2.25. The number of benzene rings is 1. The second kappa shape index (κ2) is 7.08. The lowest BCUT2D eigenvalue weighted by atomic mass is 9.88. The van der Waals surface area contributed by atoms with Gasteiger partial charge in [-0.2, -0.15) is 0 Å². The molecule has 2 atom stereocenters. The summed E-state index contributed by atoms with van der Waals surface area (Å²) in [5.41, 5.74) is 9.46. The molecule has 0 aliphatic carbocycles. The first-order chi connectivity index (χ1) is 10.0. The molecule has 1 aromatic rings. The first kappa shape index (κ1) is 16.0. The minimum atomic E-state index is 0.223. The van der Waals surface area contributed by atoms with Crippen LogP contribution in [-0.4, -0.2) is 29.9 Å². The normalized spacial score (nSPS) is 22.4. The largest absolute Gasteiger partial charge is 0.338 e. The third kappa shape index (κ3) is 3.85. The van der Waals surface area contributed by atoms with Crippen molar-refractivity contribution in [2.75, 3.05) is 13.1 Å². The van der Waals surface area contributed by atoms with Crippen molar-refractivity contribution >= 4 is 5.91 Å². The van der Waals surface area contributed by atoms with Crippen molar-refractivity contribution in [1.82, 2.24) is 4.90 Å². The molecule has 1 aliphatic heterocycles. The van der Waals surface area contributed by atoms with Gasteiger partial charge in [-0.3, -0.25) is 4.79 Å². The number of likely N-dealkylation sites (tertiary alicyclic amines) is 1. The highest BCUT2D eigenvalue weighted by molar-refractivity contribution is 5.79. The van der Waals surface area contributed by atoms with Crippen LogP contribution >= 0.6 is 0 Å². The number of rotatable bonds is 4. The molecule has 1 amide bonds. The SMILES string of the molecule is CCC1CCN(C(=O)Cc2cc(C)ccc2C)C(CN)C1. The monoisotopic (exact) mass is 288 g/mol. The number of hydrogen-bond donors (Lipinski definition) is 1. The van der Waals surface area contributed by atoms with E-state index in [9.17, 15) is 4.79 Å². The fraction of sp³-hybridized carbons (Fsp3) is 0.611. The Hall–Kier alpha value is -1.35. The zero-order valence-electron chi connectivity index (χ0n) is 13.6. The molecule has 0 bridgehead atoms. The molecule has 0 aromatic heterocycles. The van der Waals surface area contributed by atoms with Crippen molar-refractivity contribution in [3.8, 4) is 0 Å². The van der Waals surface area contributed by atoms with E-state index in [2.05, 4.69) is 39.0 Å². The Morgan fingerprint density at radius 1 is 1.38 bits per heavy atom. The average Bonchev–Trinajstić information content (AvgIpc) is 2.50. The first-order valence-electron chi connectivity index (χ1n) is 8.10. The van der Waals surface area contributed by atoms with E-state index in [1.54, 1.807) is 0 Å². The molecule has 1 aromatic carbocycles. The van der Waals surface area contributed by atoms with Crippen LogP contribution in [0.3, 0.4) is 0 Å². The van der Waals surface area contributed by atoms with E-state index in [0.717, 1.165) is 30.9 Å². The van der Waals surface area contributed by atoms with Gasteiger partial charge in [0.15, 0.2) is 0 Å². The molecule has 0 saturated carbocycles. The van der Waals surface area contributed by atoms with E-state index in [-0.39, 0.29) is 11.9 Å². The summed E-state index contributed by atoms with van der Waals surface area (Å²) in [4.78, 5) is 14.7. The Bertz CT molecular complexity index is 498. The van der Waals surface area contributed by atoms with Gasteiger partial charge in [-0.1, -0.05) is 37.1 Å². The zero-order chi connectivity index (χ0) is 15.4. The second-order valence-electron chi connectivity index (χ2n) is 6.38. The summed E-state index contributed by atoms with van der Waals surface area (Å²) < 4.78 is 0. The van der Waals surface area contributed by atoms with Gasteiger partial charge in [0.1, 0.15) is 0 Å². The molecule has 1 fully saturated rings. The molecule has 0 radical (unpaired) electrons. The number of carbonyl (C=O) groups excluding carboxylic acids is 1. The third-order valence-corrected chi connectivity index (χ3v) is 4.84. The molecule has 21 heavy (non-hydrogen) atoms. The Balaban J connectivity index is 2.07. The number of aryl methyl sites for hydroxylation is 2. The van der Waals surface area contributed by atoms with Gasteiger partial charge in [0.05, 0.1) is 6.42 Å². The lowest BCUT2D eigenvalue weighted by molar-refractivity contribution is -0.134. The lowest BCUT2D eigenvalue weighted by Gasteiger charge is -2.39. The summed E-state index contributed by atoms with van der Waals surface area (Å²) in [5, 5.41) is 0. The molecule has 2 rings (SSSR count). The van der Waals surface area contributed by atoms with Crippen LogP contribution in [0, 0.1) is 19.8 Å². The Morgan fingerprint density at radius 2 is 2.14 bits per heavy atom. The smallest absolute Gasteiger partial charge is 0.227 e. The Kier molecular flexibility index (Phi) is 5.40. The summed E-state index contributed by atoms with van der Waals surface area (Å²) in [6, 6.07) is 6.55. The van der Waals surface area contributed by atoms with Crippen molar-refractivity contribution < 1.29 is 4.79 Å². The maximum atomic E-state index is 12.7. The number of nitrogens with two attached hydrogens (primary N) is 1. The van der Waals surface area contributed by atoms with Gasteiger partial charge in [0.2, 0.25) is 5.91 Å². The topological polar surface area (TPSA) is 46.3 Å². The number of amides is 1. The molecular weight excluding hydrogens is 260 g/mol. The van der Waals surface area contributed by atoms with Crippen LogP contribution in [0.25, 0.3) is 0 Å². The average molecular weight is 288 g/mol. The predicted octanol–water partition coefficient (Wildman–Crippen LogP) is 2.82. The molecule has 1 saturated heterocycles. The molecule has 0 spiro atoms. The summed E-state index contributed by atoms with van der Waals surface area (Å²) >= 11 is 0. The zero-order valence-corrected chi connectivity index (χ0v) is 13.6. The predicted molar refractivity (Wildman–Crippen MR) is 87.2 cm³/mol. The summed E-state index contributed by atoms with van der Waals surface area (Å²) in [5.74, 6) is 0.956. The number of carbonyl (C=O) groups is 1. The highest BCUT2D eigenvalue weighted by Gasteiger charge is 2.29. The van der Waals surface area contributed by atoms with Gasteiger partial charge in [-0.05, 0) is 43.7 Å². The minimum Gasteiger partial charge on any atom is -0.338 e. The number of hydrogen-bond acceptors (Lipinski definition) is 2. The van der Waals surface area contributed by atoms with E-state index in [0.29, 0.717) is 13.0 Å². The third-order valence-electron chi connectivity index (χ3n) is 4.84. The van der Waals surface area contributed by atoms with E-state index >= 15 is 0 Å². The molecule has 2 N–H and O–H groups in total. The fourth-order valence-corrected chi connectivity index (χ4v) is 3.31. The number of nitrogens with zero attached hydrogens (tertiary/aromatic N) is 1. The van der Waals surface area contributed by atoms with E-state index in [1.165, 1.54) is 17.5 Å². The second-order valence-corrected chi connectivity index (χ2v) is 6.38. The quantitative estimate of drug-likeness (QED) is 0.926. The molecule has 1 aliphatic rings. The Labute approximate surface area is 128 Å². The van der Waals surface area contributed by atoms with Crippen LogP contribution in [0.1, 0.15) is 42.9 Å². The van der Waals surface area contributed by atoms with Crippen molar-refractivity contribution in [1.29, 1.82) is 0 Å². The van der Waals surface area contributed by atoms with Crippen LogP contribution in [0.5, 0.6) is 0 Å². The van der Waals surface area contributed by atoms with Crippen LogP contribution in [-0.2, 0) is 11.2 Å². The van der Waals surface area contributed by atoms with Crippen molar-refractivity contribution in [2.45, 2.75) is 52.5 Å².